The van der Waals surface area contributed by atoms with E-state index in [-0.39, 0.29) is 5.25 Å². The van der Waals surface area contributed by atoms with Gasteiger partial charge in [-0.3, -0.25) is 4.79 Å². The van der Waals surface area contributed by atoms with Crippen molar-refractivity contribution in [1.82, 2.24) is 10.2 Å². The molecule has 0 aliphatic heterocycles. The Kier molecular flexibility index (Phi) is 3.18. The molecule has 0 aromatic carbocycles. The van der Waals surface area contributed by atoms with Gasteiger partial charge >= 0.3 is 0 Å². The molecule has 1 atom stereocenters. The summed E-state index contributed by atoms with van der Waals surface area (Å²) in [5.41, 5.74) is 0. The molecule has 1 aromatic rings. The fourth-order valence-electron chi connectivity index (χ4n) is 1.52. The highest BCUT2D eigenvalue weighted by Crippen LogP contribution is 2.32. The molecule has 0 N–H and O–H groups in total. The first-order valence-electron chi connectivity index (χ1n) is 4.75. The van der Waals surface area contributed by atoms with Crippen molar-refractivity contribution in [3.05, 3.63) is 5.01 Å². The molecule has 1 heterocycles. The lowest BCUT2D eigenvalue weighted by atomic mass is 9.99. The predicted octanol–water partition coefficient (Wildman–Crippen LogP) is 2.45. The van der Waals surface area contributed by atoms with E-state index >= 15 is 0 Å². The van der Waals surface area contributed by atoms with Gasteiger partial charge in [-0.05, 0) is 19.8 Å². The second-order valence-electron chi connectivity index (χ2n) is 3.41. The van der Waals surface area contributed by atoms with E-state index in [9.17, 15) is 4.79 Å². The second-order valence-corrected chi connectivity index (χ2v) is 6.04. The number of carbonyl (C=O) groups excluding carboxylic acids is 1. The number of rotatable bonds is 2. The molecule has 1 unspecified atom stereocenters. The molecule has 3 nitrogen and oxygen atoms in total. The molecule has 0 saturated heterocycles. The minimum atomic E-state index is 0.135. The molecular formula is C9H12N2OS2. The van der Waals surface area contributed by atoms with E-state index in [0.29, 0.717) is 5.78 Å². The van der Waals surface area contributed by atoms with Crippen molar-refractivity contribution >= 4 is 28.9 Å². The molecule has 1 aromatic heterocycles. The summed E-state index contributed by atoms with van der Waals surface area (Å²) >= 11 is 3.16. The van der Waals surface area contributed by atoms with Crippen molar-refractivity contribution in [2.75, 3.05) is 0 Å². The molecule has 0 spiro atoms. The van der Waals surface area contributed by atoms with E-state index in [4.69, 9.17) is 0 Å². The van der Waals surface area contributed by atoms with Gasteiger partial charge in [0, 0.05) is 6.42 Å². The molecule has 2 rings (SSSR count). The van der Waals surface area contributed by atoms with Crippen LogP contribution in [0.25, 0.3) is 0 Å². The lowest BCUT2D eigenvalue weighted by molar-refractivity contribution is -0.119. The van der Waals surface area contributed by atoms with Gasteiger partial charge in [0.2, 0.25) is 0 Å². The van der Waals surface area contributed by atoms with Crippen LogP contribution in [0, 0.1) is 6.92 Å². The zero-order valence-corrected chi connectivity index (χ0v) is 9.66. The summed E-state index contributed by atoms with van der Waals surface area (Å²) in [5, 5.41) is 9.07. The minimum absolute atomic E-state index is 0.135. The summed E-state index contributed by atoms with van der Waals surface area (Å²) in [6, 6.07) is 0. The Labute approximate surface area is 91.3 Å². The highest BCUT2D eigenvalue weighted by atomic mass is 32.2. The van der Waals surface area contributed by atoms with Crippen LogP contribution in [0.2, 0.25) is 0 Å². The Balaban J connectivity index is 1.99. The normalized spacial score (nSPS) is 22.6. The molecule has 76 valence electrons. The Morgan fingerprint density at radius 1 is 1.43 bits per heavy atom. The average molecular weight is 228 g/mol. The maximum absolute atomic E-state index is 11.5. The number of ketones is 1. The number of Topliss-reactive ketones (excluding diaryl/α,β-unsaturated/α-hetero) is 1. The summed E-state index contributed by atoms with van der Waals surface area (Å²) in [4.78, 5) is 11.5. The monoisotopic (exact) mass is 228 g/mol. The number of hydrogen-bond donors (Lipinski definition) is 0. The highest BCUT2D eigenvalue weighted by Gasteiger charge is 2.24. The van der Waals surface area contributed by atoms with E-state index in [1.165, 1.54) is 6.42 Å². The van der Waals surface area contributed by atoms with Gasteiger partial charge in [0.1, 0.15) is 10.8 Å². The van der Waals surface area contributed by atoms with Crippen LogP contribution in [-0.4, -0.2) is 21.2 Å². The van der Waals surface area contributed by atoms with Crippen LogP contribution < -0.4 is 0 Å². The van der Waals surface area contributed by atoms with Crippen LogP contribution in [0.15, 0.2) is 4.34 Å². The third-order valence-corrected chi connectivity index (χ3v) is 4.49. The fourth-order valence-corrected chi connectivity index (χ4v) is 3.71. The smallest absolute Gasteiger partial charge is 0.174 e. The summed E-state index contributed by atoms with van der Waals surface area (Å²) in [7, 11) is 0. The van der Waals surface area contributed by atoms with Crippen molar-refractivity contribution in [2.45, 2.75) is 42.2 Å². The summed E-state index contributed by atoms with van der Waals surface area (Å²) in [6.07, 6.45) is 3.98. The van der Waals surface area contributed by atoms with E-state index in [1.807, 2.05) is 6.92 Å². The molecule has 0 bridgehead atoms. The SMILES string of the molecule is Cc1nnc(SC2CCCCC2=O)s1. The first-order chi connectivity index (χ1) is 6.75. The van der Waals surface area contributed by atoms with Gasteiger partial charge in [-0.1, -0.05) is 29.5 Å². The van der Waals surface area contributed by atoms with E-state index in [2.05, 4.69) is 10.2 Å². The zero-order chi connectivity index (χ0) is 9.97. The lowest BCUT2D eigenvalue weighted by Gasteiger charge is -2.17. The van der Waals surface area contributed by atoms with Crippen molar-refractivity contribution in [2.24, 2.45) is 0 Å². The van der Waals surface area contributed by atoms with Gasteiger partial charge in [0.25, 0.3) is 0 Å². The topological polar surface area (TPSA) is 42.9 Å². The standard InChI is InChI=1S/C9H12N2OS2/c1-6-10-11-9(13-6)14-8-5-3-2-4-7(8)12/h8H,2-5H2,1H3. The van der Waals surface area contributed by atoms with Crippen molar-refractivity contribution in [3.8, 4) is 0 Å². The van der Waals surface area contributed by atoms with Gasteiger partial charge in [-0.15, -0.1) is 10.2 Å². The van der Waals surface area contributed by atoms with Crippen molar-refractivity contribution < 1.29 is 4.79 Å². The van der Waals surface area contributed by atoms with Gasteiger partial charge in [0.05, 0.1) is 5.25 Å². The second kappa shape index (κ2) is 4.40. The number of nitrogens with zero attached hydrogens (tertiary/aromatic N) is 2. The number of hydrogen-bond acceptors (Lipinski definition) is 5. The predicted molar refractivity (Wildman–Crippen MR) is 57.8 cm³/mol. The van der Waals surface area contributed by atoms with Gasteiger partial charge in [-0.25, -0.2) is 0 Å². The largest absolute Gasteiger partial charge is 0.298 e. The third-order valence-electron chi connectivity index (χ3n) is 2.25. The van der Waals surface area contributed by atoms with Crippen LogP contribution >= 0.6 is 23.1 Å². The number of thioether (sulfide) groups is 1. The third kappa shape index (κ3) is 2.33. The number of aromatic nitrogens is 2. The zero-order valence-electron chi connectivity index (χ0n) is 8.02. The Hall–Kier alpha value is -0.420. The van der Waals surface area contributed by atoms with Crippen LogP contribution in [-0.2, 0) is 4.79 Å². The maximum atomic E-state index is 11.5. The number of aryl methyl sites for hydroxylation is 1. The van der Waals surface area contributed by atoms with Gasteiger partial charge in [-0.2, -0.15) is 0 Å². The molecule has 1 saturated carbocycles. The first-order valence-corrected chi connectivity index (χ1v) is 6.45. The fraction of sp³-hybridized carbons (Fsp3) is 0.667. The first kappa shape index (κ1) is 10.1. The van der Waals surface area contributed by atoms with Crippen LogP contribution in [0.5, 0.6) is 0 Å². The van der Waals surface area contributed by atoms with Crippen molar-refractivity contribution in [1.29, 1.82) is 0 Å². The Morgan fingerprint density at radius 2 is 2.29 bits per heavy atom. The molecule has 14 heavy (non-hydrogen) atoms. The summed E-state index contributed by atoms with van der Waals surface area (Å²) in [5.74, 6) is 0.383. The van der Waals surface area contributed by atoms with Crippen molar-refractivity contribution in [3.63, 3.8) is 0 Å². The lowest BCUT2D eigenvalue weighted by Crippen LogP contribution is -2.21. The van der Waals surface area contributed by atoms with Crippen LogP contribution in [0.1, 0.15) is 30.7 Å². The van der Waals surface area contributed by atoms with Gasteiger partial charge < -0.3 is 0 Å². The molecule has 1 fully saturated rings. The van der Waals surface area contributed by atoms with E-state index in [1.54, 1.807) is 23.1 Å². The molecule has 5 heteroatoms. The summed E-state index contributed by atoms with van der Waals surface area (Å²) in [6.45, 7) is 1.93. The maximum Gasteiger partial charge on any atom is 0.174 e. The highest BCUT2D eigenvalue weighted by molar-refractivity contribution is 8.02. The van der Waals surface area contributed by atoms with E-state index in [0.717, 1.165) is 28.6 Å². The van der Waals surface area contributed by atoms with Crippen LogP contribution in [0.3, 0.4) is 0 Å². The average Bonchev–Trinajstić information content (AvgIpc) is 2.56. The molecule has 0 radical (unpaired) electrons. The number of carbonyl (C=O) groups is 1. The molecule has 1 aliphatic carbocycles. The molecule has 1 aliphatic rings. The van der Waals surface area contributed by atoms with Gasteiger partial charge in [0.15, 0.2) is 4.34 Å². The molecule has 0 amide bonds. The minimum Gasteiger partial charge on any atom is -0.298 e. The Morgan fingerprint density at radius 3 is 2.93 bits per heavy atom. The molecular weight excluding hydrogens is 216 g/mol. The van der Waals surface area contributed by atoms with Crippen LogP contribution in [0.4, 0.5) is 0 Å². The Bertz CT molecular complexity index is 337. The quantitative estimate of drug-likeness (QED) is 0.780. The summed E-state index contributed by atoms with van der Waals surface area (Å²) < 4.78 is 0.933. The van der Waals surface area contributed by atoms with E-state index < -0.39 is 0 Å².